The van der Waals surface area contributed by atoms with Crippen LogP contribution in [-0.2, 0) is 14.4 Å². The average Bonchev–Trinajstić information content (AvgIpc) is 3.09. The van der Waals surface area contributed by atoms with E-state index >= 15 is 0 Å². The van der Waals surface area contributed by atoms with E-state index in [4.69, 9.17) is 0 Å². The van der Waals surface area contributed by atoms with Crippen molar-refractivity contribution >= 4 is 42.2 Å². The molecule has 3 fully saturated rings. The van der Waals surface area contributed by atoms with Crippen LogP contribution in [0.4, 0.5) is 0 Å². The molecule has 0 bridgehead atoms. The third kappa shape index (κ3) is 3.20. The number of amides is 2. The Morgan fingerprint density at radius 3 is 2.61 bits per heavy atom. The maximum atomic E-state index is 12.8. The largest absolute Gasteiger partial charge is 0.480 e. The van der Waals surface area contributed by atoms with Crippen molar-refractivity contribution < 1.29 is 19.5 Å². The van der Waals surface area contributed by atoms with E-state index in [0.717, 1.165) is 31.4 Å². The fraction of sp³-hybridized carbons (Fsp3) is 0.800. The van der Waals surface area contributed by atoms with E-state index in [1.165, 1.54) is 4.90 Å². The predicted octanol–water partition coefficient (Wildman–Crippen LogP) is 1.25. The number of hydrogen-bond donors (Lipinski definition) is 3. The molecule has 23 heavy (non-hydrogen) atoms. The van der Waals surface area contributed by atoms with Crippen LogP contribution >= 0.6 is 24.4 Å². The van der Waals surface area contributed by atoms with Gasteiger partial charge in [0.15, 0.2) is 0 Å². The van der Waals surface area contributed by atoms with E-state index in [1.54, 1.807) is 11.8 Å². The Labute approximate surface area is 145 Å². The SMILES string of the molecule is O=C(O)C1CCC2SCCC(NC(=O)C3(S)CCCC3)C(=O)N21. The number of carboxylic acid groups (broad SMARTS) is 1. The third-order valence-corrected chi connectivity index (χ3v) is 7.02. The van der Waals surface area contributed by atoms with Crippen LogP contribution in [0.15, 0.2) is 0 Å². The molecular weight excluding hydrogens is 336 g/mol. The molecule has 6 nitrogen and oxygen atoms in total. The first-order chi connectivity index (χ1) is 10.9. The summed E-state index contributed by atoms with van der Waals surface area (Å²) in [5.41, 5.74) is 0. The standard InChI is InChI=1S/C15H22N2O4S2/c18-12-9(16-14(21)15(22)6-1-2-7-15)5-8-23-11-4-3-10(13(19)20)17(11)12/h9-11,22H,1-8H2,(H,16,21)(H,19,20). The summed E-state index contributed by atoms with van der Waals surface area (Å²) in [6.07, 6.45) is 5.11. The zero-order chi connectivity index (χ0) is 16.6. The molecule has 0 aromatic rings. The van der Waals surface area contributed by atoms with Crippen LogP contribution in [0.25, 0.3) is 0 Å². The average molecular weight is 358 g/mol. The van der Waals surface area contributed by atoms with Crippen molar-refractivity contribution in [2.75, 3.05) is 5.75 Å². The van der Waals surface area contributed by atoms with Crippen LogP contribution in [0.5, 0.6) is 0 Å². The van der Waals surface area contributed by atoms with Gasteiger partial charge in [-0.1, -0.05) is 12.8 Å². The summed E-state index contributed by atoms with van der Waals surface area (Å²) in [5, 5.41) is 12.1. The topological polar surface area (TPSA) is 86.7 Å². The van der Waals surface area contributed by atoms with Gasteiger partial charge in [0.25, 0.3) is 0 Å². The summed E-state index contributed by atoms with van der Waals surface area (Å²) >= 11 is 6.13. The number of rotatable bonds is 3. The maximum Gasteiger partial charge on any atom is 0.326 e. The molecule has 2 N–H and O–H groups in total. The van der Waals surface area contributed by atoms with Gasteiger partial charge in [-0.2, -0.15) is 12.6 Å². The number of nitrogens with one attached hydrogen (secondary N) is 1. The highest BCUT2D eigenvalue weighted by Crippen LogP contribution is 2.38. The van der Waals surface area contributed by atoms with Gasteiger partial charge in [-0.3, -0.25) is 9.59 Å². The number of carbonyl (C=O) groups excluding carboxylic acids is 2. The van der Waals surface area contributed by atoms with Crippen LogP contribution in [0, 0.1) is 0 Å². The summed E-state index contributed by atoms with van der Waals surface area (Å²) in [5.74, 6) is -0.668. The highest BCUT2D eigenvalue weighted by molar-refractivity contribution is 7.99. The molecule has 0 aromatic carbocycles. The maximum absolute atomic E-state index is 12.8. The van der Waals surface area contributed by atoms with E-state index < -0.39 is 22.8 Å². The monoisotopic (exact) mass is 358 g/mol. The summed E-state index contributed by atoms with van der Waals surface area (Å²) in [4.78, 5) is 38.2. The molecule has 2 amide bonds. The zero-order valence-electron chi connectivity index (χ0n) is 12.9. The molecule has 1 saturated carbocycles. The van der Waals surface area contributed by atoms with E-state index in [-0.39, 0.29) is 17.2 Å². The van der Waals surface area contributed by atoms with Gasteiger partial charge in [0.05, 0.1) is 10.1 Å². The molecule has 0 radical (unpaired) electrons. The number of thioether (sulfide) groups is 1. The van der Waals surface area contributed by atoms with Crippen LogP contribution in [0.1, 0.15) is 44.9 Å². The Hall–Kier alpha value is -0.890. The molecule has 128 valence electrons. The van der Waals surface area contributed by atoms with E-state index in [1.807, 2.05) is 0 Å². The second-order valence-electron chi connectivity index (χ2n) is 6.56. The van der Waals surface area contributed by atoms with Crippen molar-refractivity contribution in [3.8, 4) is 0 Å². The lowest BCUT2D eigenvalue weighted by atomic mass is 10.0. The summed E-state index contributed by atoms with van der Waals surface area (Å²) in [6.45, 7) is 0. The molecule has 0 aromatic heterocycles. The van der Waals surface area contributed by atoms with E-state index in [2.05, 4.69) is 17.9 Å². The molecule has 2 heterocycles. The fourth-order valence-corrected chi connectivity index (χ4v) is 5.46. The van der Waals surface area contributed by atoms with Crippen molar-refractivity contribution in [1.82, 2.24) is 10.2 Å². The third-order valence-electron chi connectivity index (χ3n) is 5.05. The van der Waals surface area contributed by atoms with Gasteiger partial charge < -0.3 is 15.3 Å². The van der Waals surface area contributed by atoms with Gasteiger partial charge in [0.1, 0.15) is 12.1 Å². The molecule has 3 unspecified atom stereocenters. The minimum absolute atomic E-state index is 0.0815. The highest BCUT2D eigenvalue weighted by Gasteiger charge is 2.46. The second kappa shape index (κ2) is 6.55. The second-order valence-corrected chi connectivity index (χ2v) is 8.70. The van der Waals surface area contributed by atoms with Crippen molar-refractivity contribution in [2.45, 2.75) is 67.2 Å². The first kappa shape index (κ1) is 17.0. The molecule has 8 heteroatoms. The minimum atomic E-state index is -0.963. The molecule has 0 spiro atoms. The molecule has 2 aliphatic heterocycles. The molecule has 2 saturated heterocycles. The number of aliphatic carboxylic acids is 1. The van der Waals surface area contributed by atoms with Gasteiger partial charge in [-0.05, 0) is 37.9 Å². The molecule has 3 aliphatic rings. The molecule has 1 aliphatic carbocycles. The lowest BCUT2D eigenvalue weighted by Gasteiger charge is -2.30. The van der Waals surface area contributed by atoms with Crippen LogP contribution in [-0.4, -0.2) is 55.7 Å². The predicted molar refractivity (Wildman–Crippen MR) is 90.5 cm³/mol. The fourth-order valence-electron chi connectivity index (χ4n) is 3.72. The number of thiol groups is 1. The number of hydrogen-bond acceptors (Lipinski definition) is 5. The van der Waals surface area contributed by atoms with Crippen molar-refractivity contribution in [3.63, 3.8) is 0 Å². The van der Waals surface area contributed by atoms with Crippen LogP contribution in [0.2, 0.25) is 0 Å². The van der Waals surface area contributed by atoms with Crippen molar-refractivity contribution in [3.05, 3.63) is 0 Å². The lowest BCUT2D eigenvalue weighted by molar-refractivity contribution is -0.149. The summed E-state index contributed by atoms with van der Waals surface area (Å²) < 4.78 is -0.684. The number of carboxylic acids is 1. The van der Waals surface area contributed by atoms with Gasteiger partial charge in [-0.25, -0.2) is 4.79 Å². The van der Waals surface area contributed by atoms with Gasteiger partial charge in [-0.15, -0.1) is 11.8 Å². The van der Waals surface area contributed by atoms with Gasteiger partial charge in [0.2, 0.25) is 11.8 Å². The lowest BCUT2D eigenvalue weighted by Crippen LogP contribution is -2.55. The minimum Gasteiger partial charge on any atom is -0.480 e. The highest BCUT2D eigenvalue weighted by atomic mass is 32.2. The molecular formula is C15H22N2O4S2. The van der Waals surface area contributed by atoms with E-state index in [0.29, 0.717) is 19.3 Å². The Morgan fingerprint density at radius 2 is 1.96 bits per heavy atom. The zero-order valence-corrected chi connectivity index (χ0v) is 14.6. The Balaban J connectivity index is 1.73. The van der Waals surface area contributed by atoms with Crippen molar-refractivity contribution in [2.24, 2.45) is 0 Å². The van der Waals surface area contributed by atoms with Crippen LogP contribution < -0.4 is 5.32 Å². The quantitative estimate of drug-likeness (QED) is 0.661. The first-order valence-electron chi connectivity index (χ1n) is 8.12. The van der Waals surface area contributed by atoms with Gasteiger partial charge >= 0.3 is 5.97 Å². The number of nitrogens with zero attached hydrogens (tertiary/aromatic N) is 1. The van der Waals surface area contributed by atoms with Crippen molar-refractivity contribution in [1.29, 1.82) is 0 Å². The number of fused-ring (bicyclic) bond motifs is 1. The first-order valence-corrected chi connectivity index (χ1v) is 9.62. The Morgan fingerprint density at radius 1 is 1.26 bits per heavy atom. The number of carbonyl (C=O) groups is 3. The smallest absolute Gasteiger partial charge is 0.326 e. The normalized spacial score (nSPS) is 33.2. The van der Waals surface area contributed by atoms with Gasteiger partial charge in [0, 0.05) is 0 Å². The Kier molecular flexibility index (Phi) is 4.83. The van der Waals surface area contributed by atoms with Crippen LogP contribution in [0.3, 0.4) is 0 Å². The van der Waals surface area contributed by atoms with E-state index in [9.17, 15) is 19.5 Å². The Bertz CT molecular complexity index is 522. The summed E-state index contributed by atoms with van der Waals surface area (Å²) in [6, 6.07) is -1.40. The molecule has 3 rings (SSSR count). The molecule has 3 atom stereocenters. The summed E-state index contributed by atoms with van der Waals surface area (Å²) in [7, 11) is 0.